The van der Waals surface area contributed by atoms with Crippen LogP contribution in [0, 0.1) is 0 Å². The molecule has 0 bridgehead atoms. The van der Waals surface area contributed by atoms with E-state index in [1.807, 2.05) is 0 Å². The minimum absolute atomic E-state index is 0. The number of amides is 1. The van der Waals surface area contributed by atoms with Gasteiger partial charge < -0.3 is 26.2 Å². The van der Waals surface area contributed by atoms with Crippen LogP contribution in [0.25, 0.3) is 11.2 Å². The molecule has 0 unspecified atom stereocenters. The fourth-order valence-corrected chi connectivity index (χ4v) is 1.42. The van der Waals surface area contributed by atoms with Crippen molar-refractivity contribution in [2.45, 2.75) is 13.0 Å². The lowest BCUT2D eigenvalue weighted by molar-refractivity contribution is -0.141. The summed E-state index contributed by atoms with van der Waals surface area (Å²) in [6.07, 6.45) is 2.79. The fraction of sp³-hybridized carbons (Fsp3) is 0.300. The summed E-state index contributed by atoms with van der Waals surface area (Å²) in [5, 5.41) is 13.8. The summed E-state index contributed by atoms with van der Waals surface area (Å²) < 4.78 is 0. The molecule has 0 saturated heterocycles. The van der Waals surface area contributed by atoms with Crippen molar-refractivity contribution in [1.82, 2.24) is 25.3 Å². The van der Waals surface area contributed by atoms with Crippen LogP contribution in [0.2, 0.25) is 0 Å². The number of carboxylic acid groups (broad SMARTS) is 1. The zero-order chi connectivity index (χ0) is 13.8. The predicted octanol–water partition coefficient (Wildman–Crippen LogP) is -1.47. The van der Waals surface area contributed by atoms with Crippen LogP contribution in [0.3, 0.4) is 0 Å². The van der Waals surface area contributed by atoms with E-state index >= 15 is 0 Å². The Balaban J connectivity index is 0.00000200. The van der Waals surface area contributed by atoms with Crippen molar-refractivity contribution in [1.29, 1.82) is 0 Å². The highest BCUT2D eigenvalue weighted by atomic mass is 16.4. The van der Waals surface area contributed by atoms with Gasteiger partial charge in [-0.15, -0.1) is 0 Å². The number of H-pyrrole nitrogens is 1. The quantitative estimate of drug-likeness (QED) is 0.519. The maximum absolute atomic E-state index is 11.5. The maximum Gasteiger partial charge on any atom is 0.325 e. The first kappa shape index (κ1) is 15.3. The number of aromatic amines is 1. The molecule has 1 atom stereocenters. The van der Waals surface area contributed by atoms with Crippen LogP contribution < -0.4 is 10.6 Å². The van der Waals surface area contributed by atoms with E-state index in [2.05, 4.69) is 30.6 Å². The Morgan fingerprint density at radius 2 is 2.15 bits per heavy atom. The lowest BCUT2D eigenvalue weighted by Crippen LogP contribution is -2.41. The van der Waals surface area contributed by atoms with Crippen LogP contribution in [0.1, 0.15) is 6.92 Å². The van der Waals surface area contributed by atoms with E-state index in [4.69, 9.17) is 5.11 Å². The largest absolute Gasteiger partial charge is 0.480 e. The molecule has 6 N–H and O–H groups in total. The minimum atomic E-state index is -1.09. The summed E-state index contributed by atoms with van der Waals surface area (Å²) in [5.74, 6) is -1.10. The normalized spacial score (nSPS) is 11.4. The molecule has 0 aliphatic heterocycles. The smallest absolute Gasteiger partial charge is 0.325 e. The molecule has 0 saturated carbocycles. The minimum Gasteiger partial charge on any atom is -0.480 e. The number of anilines is 1. The Kier molecular flexibility index (Phi) is 4.92. The molecule has 0 radical (unpaired) electrons. The molecular weight excluding hydrogens is 268 g/mol. The van der Waals surface area contributed by atoms with E-state index in [9.17, 15) is 9.59 Å². The second-order valence-electron chi connectivity index (χ2n) is 3.80. The molecule has 0 aromatic carbocycles. The van der Waals surface area contributed by atoms with Gasteiger partial charge >= 0.3 is 5.97 Å². The molecule has 1 amide bonds. The number of carbonyl (C=O) groups excluding carboxylic acids is 1. The molecule has 2 heterocycles. The third-order valence-corrected chi connectivity index (χ3v) is 2.39. The molecule has 2 rings (SSSR count). The van der Waals surface area contributed by atoms with Gasteiger partial charge in [0.05, 0.1) is 12.9 Å². The average molecular weight is 282 g/mol. The Labute approximate surface area is 113 Å². The lowest BCUT2D eigenvalue weighted by atomic mass is 10.3. The van der Waals surface area contributed by atoms with E-state index in [-0.39, 0.29) is 12.0 Å². The number of carboxylic acids is 1. The molecule has 0 aliphatic rings. The standard InChI is InChI=1S/C10H12N6O3.H2O/c1-5(10(18)19)16-6(17)2-11-8-7-9(13-3-12-7)15-4-14-8;/h3-5H,2H2,1H3,(H,16,17)(H,18,19)(H2,11,12,13,14,15);1H2/t5-;/m0./s1. The van der Waals surface area contributed by atoms with Crippen LogP contribution in [0.5, 0.6) is 0 Å². The number of aromatic nitrogens is 4. The number of imidazole rings is 1. The van der Waals surface area contributed by atoms with Crippen LogP contribution >= 0.6 is 0 Å². The first-order chi connectivity index (χ1) is 9.08. The van der Waals surface area contributed by atoms with Crippen molar-refractivity contribution in [3.8, 4) is 0 Å². The monoisotopic (exact) mass is 282 g/mol. The number of nitrogens with one attached hydrogen (secondary N) is 3. The second-order valence-corrected chi connectivity index (χ2v) is 3.80. The first-order valence-electron chi connectivity index (χ1n) is 5.48. The first-order valence-corrected chi connectivity index (χ1v) is 5.48. The average Bonchev–Trinajstić information content (AvgIpc) is 2.84. The zero-order valence-electron chi connectivity index (χ0n) is 10.5. The van der Waals surface area contributed by atoms with Gasteiger partial charge in [-0.25, -0.2) is 15.0 Å². The maximum atomic E-state index is 11.5. The molecule has 0 aliphatic carbocycles. The summed E-state index contributed by atoms with van der Waals surface area (Å²) in [7, 11) is 0. The van der Waals surface area contributed by atoms with Gasteiger partial charge in [-0.3, -0.25) is 9.59 Å². The summed E-state index contributed by atoms with van der Waals surface area (Å²) >= 11 is 0. The van der Waals surface area contributed by atoms with Crippen molar-refractivity contribution >= 4 is 28.9 Å². The van der Waals surface area contributed by atoms with E-state index < -0.39 is 17.9 Å². The number of rotatable bonds is 5. The molecule has 10 nitrogen and oxygen atoms in total. The molecule has 108 valence electrons. The summed E-state index contributed by atoms with van der Waals surface area (Å²) in [6.45, 7) is 1.29. The Morgan fingerprint density at radius 3 is 2.85 bits per heavy atom. The van der Waals surface area contributed by atoms with Crippen LogP contribution in [-0.4, -0.2) is 55.0 Å². The molecule has 10 heteroatoms. The van der Waals surface area contributed by atoms with Crippen molar-refractivity contribution in [3.05, 3.63) is 12.7 Å². The second kappa shape index (κ2) is 6.43. The molecule has 0 spiro atoms. The van der Waals surface area contributed by atoms with E-state index in [1.165, 1.54) is 19.6 Å². The third kappa shape index (κ3) is 3.38. The van der Waals surface area contributed by atoms with Crippen LogP contribution in [-0.2, 0) is 9.59 Å². The molecule has 20 heavy (non-hydrogen) atoms. The highest BCUT2D eigenvalue weighted by Gasteiger charge is 2.14. The Bertz CT molecular complexity index is 613. The third-order valence-electron chi connectivity index (χ3n) is 2.39. The van der Waals surface area contributed by atoms with Gasteiger partial charge in [0.15, 0.2) is 11.5 Å². The molecule has 2 aromatic heterocycles. The van der Waals surface area contributed by atoms with Gasteiger partial charge in [0.25, 0.3) is 0 Å². The lowest BCUT2D eigenvalue weighted by Gasteiger charge is -2.10. The highest BCUT2D eigenvalue weighted by Crippen LogP contribution is 2.13. The number of nitrogens with zero attached hydrogens (tertiary/aromatic N) is 3. The van der Waals surface area contributed by atoms with Crippen molar-refractivity contribution in [2.75, 3.05) is 11.9 Å². The summed E-state index contributed by atoms with van der Waals surface area (Å²) in [4.78, 5) is 36.8. The van der Waals surface area contributed by atoms with Gasteiger partial charge in [0.2, 0.25) is 5.91 Å². The van der Waals surface area contributed by atoms with Crippen LogP contribution in [0.15, 0.2) is 12.7 Å². The molecule has 0 fully saturated rings. The fourth-order valence-electron chi connectivity index (χ4n) is 1.42. The number of hydrogen-bond donors (Lipinski definition) is 4. The Hall–Kier alpha value is -2.75. The van der Waals surface area contributed by atoms with Crippen molar-refractivity contribution in [3.63, 3.8) is 0 Å². The van der Waals surface area contributed by atoms with Gasteiger partial charge in [0.1, 0.15) is 17.9 Å². The molecule has 2 aromatic rings. The Morgan fingerprint density at radius 1 is 1.40 bits per heavy atom. The van der Waals surface area contributed by atoms with Gasteiger partial charge in [-0.1, -0.05) is 0 Å². The number of aliphatic carboxylic acids is 1. The highest BCUT2D eigenvalue weighted by molar-refractivity contribution is 5.88. The van der Waals surface area contributed by atoms with Crippen molar-refractivity contribution < 1.29 is 20.2 Å². The zero-order valence-corrected chi connectivity index (χ0v) is 10.5. The number of hydrogen-bond acceptors (Lipinski definition) is 6. The SMILES string of the molecule is C[C@H](NC(=O)CNc1ncnc2nc[nH]c12)C(=O)O.O. The van der Waals surface area contributed by atoms with Crippen LogP contribution in [0.4, 0.5) is 5.82 Å². The van der Waals surface area contributed by atoms with Crippen molar-refractivity contribution in [2.24, 2.45) is 0 Å². The number of fused-ring (bicyclic) bond motifs is 1. The number of carbonyl (C=O) groups is 2. The summed E-state index contributed by atoms with van der Waals surface area (Å²) in [5.41, 5.74) is 1.07. The predicted molar refractivity (Wildman–Crippen MR) is 69.0 cm³/mol. The van der Waals surface area contributed by atoms with E-state index in [1.54, 1.807) is 0 Å². The van der Waals surface area contributed by atoms with E-state index in [0.29, 0.717) is 17.0 Å². The van der Waals surface area contributed by atoms with Gasteiger partial charge in [-0.05, 0) is 6.92 Å². The van der Waals surface area contributed by atoms with Gasteiger partial charge in [0, 0.05) is 0 Å². The van der Waals surface area contributed by atoms with E-state index in [0.717, 1.165) is 0 Å². The van der Waals surface area contributed by atoms with Gasteiger partial charge in [-0.2, -0.15) is 0 Å². The molecular formula is C10H14N6O4. The summed E-state index contributed by atoms with van der Waals surface area (Å²) in [6, 6.07) is -0.938. The topological polar surface area (TPSA) is 164 Å².